The lowest BCUT2D eigenvalue weighted by Crippen LogP contribution is -2.21. The second-order valence-electron chi connectivity index (χ2n) is 7.13. The first-order chi connectivity index (χ1) is 14.2. The minimum absolute atomic E-state index is 0.0994. The van der Waals surface area contributed by atoms with Gasteiger partial charge in [-0.2, -0.15) is 0 Å². The number of phenolic OH excluding ortho intramolecular Hbond substituents is 1. The van der Waals surface area contributed by atoms with E-state index in [0.29, 0.717) is 11.4 Å². The predicted molar refractivity (Wildman–Crippen MR) is 117 cm³/mol. The van der Waals surface area contributed by atoms with Crippen molar-refractivity contribution in [3.63, 3.8) is 0 Å². The van der Waals surface area contributed by atoms with Gasteiger partial charge >= 0.3 is 0 Å². The van der Waals surface area contributed by atoms with Crippen molar-refractivity contribution >= 4 is 28.7 Å². The van der Waals surface area contributed by atoms with Gasteiger partial charge in [0.2, 0.25) is 11.8 Å². The van der Waals surface area contributed by atoms with E-state index in [4.69, 9.17) is 0 Å². The molecule has 0 aliphatic heterocycles. The number of amides is 1. The normalized spacial score (nSPS) is 10.5. The van der Waals surface area contributed by atoms with E-state index in [1.54, 1.807) is 64.3 Å². The van der Waals surface area contributed by atoms with E-state index in [1.165, 1.54) is 15.5 Å². The molecule has 2 aromatic carbocycles. The van der Waals surface area contributed by atoms with Crippen LogP contribution in [0.1, 0.15) is 24.2 Å². The Labute approximate surface area is 174 Å². The minimum atomic E-state index is -0.368. The molecule has 1 aromatic heterocycles. The van der Waals surface area contributed by atoms with Crippen molar-refractivity contribution in [2.45, 2.75) is 13.8 Å². The summed E-state index contributed by atoms with van der Waals surface area (Å²) in [6.07, 6.45) is 0. The van der Waals surface area contributed by atoms with Crippen LogP contribution in [0, 0.1) is 0 Å². The Balaban J connectivity index is 2.17. The lowest BCUT2D eigenvalue weighted by Gasteiger charge is -2.15. The number of nitrogens with zero attached hydrogens (tertiary/aromatic N) is 3. The van der Waals surface area contributed by atoms with Gasteiger partial charge < -0.3 is 25.5 Å². The number of para-hydroxylation sites is 2. The molecule has 0 aliphatic rings. The molecule has 8 heteroatoms. The number of aromatic hydroxyl groups is 3. The largest absolute Gasteiger partial charge is 0.505 e. The van der Waals surface area contributed by atoms with Gasteiger partial charge in [-0.25, -0.2) is 4.57 Å². The van der Waals surface area contributed by atoms with E-state index in [1.807, 2.05) is 6.07 Å². The molecule has 8 nitrogen and oxygen atoms in total. The fourth-order valence-electron chi connectivity index (χ4n) is 2.99. The van der Waals surface area contributed by atoms with Crippen LogP contribution in [0.15, 0.2) is 53.5 Å². The molecule has 30 heavy (non-hydrogen) atoms. The van der Waals surface area contributed by atoms with E-state index in [2.05, 4.69) is 10.3 Å². The first kappa shape index (κ1) is 20.8. The van der Waals surface area contributed by atoms with Crippen LogP contribution in [0.25, 0.3) is 5.69 Å². The smallest absolute Gasteiger partial charge is 0.257 e. The monoisotopic (exact) mass is 408 g/mol. The molecule has 1 heterocycles. The molecular weight excluding hydrogens is 384 g/mol. The lowest BCUT2D eigenvalue weighted by molar-refractivity contribution is 0.0824. The molecule has 0 aliphatic carbocycles. The maximum atomic E-state index is 12.3. The second-order valence-corrected chi connectivity index (χ2v) is 7.13. The van der Waals surface area contributed by atoms with Gasteiger partial charge in [0.1, 0.15) is 5.69 Å². The van der Waals surface area contributed by atoms with Crippen molar-refractivity contribution in [2.75, 3.05) is 19.4 Å². The molecule has 4 N–H and O–H groups in total. The van der Waals surface area contributed by atoms with E-state index in [9.17, 15) is 20.1 Å². The average molecular weight is 408 g/mol. The highest BCUT2D eigenvalue weighted by molar-refractivity contribution is 5.99. The molecule has 0 spiro atoms. The number of aromatic nitrogens is 1. The molecule has 1 amide bonds. The minimum Gasteiger partial charge on any atom is -0.505 e. The standard InChI is InChI=1S/C22H24N4O4/c1-13(2)23-17-18(22(30)26(21(17)29)14-9-6-5-7-10-14)24-16-12-8-11-15(19(16)27)20(28)25(3)4/h5-12,24,27,29-30H,1-4H3. The fourth-order valence-corrected chi connectivity index (χ4v) is 2.99. The topological polar surface area (TPSA) is 110 Å². The summed E-state index contributed by atoms with van der Waals surface area (Å²) < 4.78 is 1.25. The summed E-state index contributed by atoms with van der Waals surface area (Å²) in [6, 6.07) is 13.5. The highest BCUT2D eigenvalue weighted by Gasteiger charge is 2.25. The van der Waals surface area contributed by atoms with E-state index in [0.717, 1.165) is 0 Å². The molecule has 0 radical (unpaired) electrons. The number of carbonyl (C=O) groups is 1. The Hall–Kier alpha value is -3.94. The van der Waals surface area contributed by atoms with Crippen LogP contribution in [-0.4, -0.2) is 50.5 Å². The zero-order chi connectivity index (χ0) is 22.0. The Morgan fingerprint density at radius 3 is 2.23 bits per heavy atom. The Bertz CT molecular complexity index is 1110. The summed E-state index contributed by atoms with van der Waals surface area (Å²) >= 11 is 0. The van der Waals surface area contributed by atoms with Crippen molar-refractivity contribution in [3.8, 4) is 23.2 Å². The summed E-state index contributed by atoms with van der Waals surface area (Å²) in [5, 5.41) is 35.2. The first-order valence-corrected chi connectivity index (χ1v) is 9.27. The molecule has 3 aromatic rings. The number of benzene rings is 2. The number of hydrogen-bond donors (Lipinski definition) is 4. The number of carbonyl (C=O) groups excluding carboxylic acids is 1. The van der Waals surface area contributed by atoms with Crippen LogP contribution in [0.2, 0.25) is 0 Å². The van der Waals surface area contributed by atoms with Crippen molar-refractivity contribution in [1.82, 2.24) is 9.47 Å². The van der Waals surface area contributed by atoms with Crippen molar-refractivity contribution in [2.24, 2.45) is 4.99 Å². The molecule has 0 saturated heterocycles. The van der Waals surface area contributed by atoms with Gasteiger partial charge in [-0.1, -0.05) is 24.3 Å². The summed E-state index contributed by atoms with van der Waals surface area (Å²) in [6.45, 7) is 3.52. The summed E-state index contributed by atoms with van der Waals surface area (Å²) in [5.41, 5.74) is 1.69. The van der Waals surface area contributed by atoms with Gasteiger partial charge in [-0.05, 0) is 38.1 Å². The third-order valence-electron chi connectivity index (χ3n) is 4.38. The maximum absolute atomic E-state index is 12.3. The van der Waals surface area contributed by atoms with Crippen LogP contribution < -0.4 is 5.32 Å². The third kappa shape index (κ3) is 3.80. The van der Waals surface area contributed by atoms with Crippen LogP contribution in [0.5, 0.6) is 17.5 Å². The first-order valence-electron chi connectivity index (χ1n) is 9.27. The van der Waals surface area contributed by atoms with Crippen LogP contribution in [-0.2, 0) is 0 Å². The number of hydrogen-bond acceptors (Lipinski definition) is 6. The Morgan fingerprint density at radius 2 is 1.63 bits per heavy atom. The average Bonchev–Trinajstić information content (AvgIpc) is 2.93. The molecule has 0 saturated carbocycles. The molecule has 0 unspecified atom stereocenters. The SMILES string of the molecule is CC(C)=Nc1c(Nc2cccc(C(=O)N(C)C)c2O)c(O)n(-c2ccccc2)c1O. The van der Waals surface area contributed by atoms with E-state index >= 15 is 0 Å². The molecule has 0 atom stereocenters. The zero-order valence-corrected chi connectivity index (χ0v) is 17.2. The lowest BCUT2D eigenvalue weighted by atomic mass is 10.1. The number of nitrogens with one attached hydrogen (secondary N) is 1. The molecule has 3 rings (SSSR count). The summed E-state index contributed by atoms with van der Waals surface area (Å²) in [7, 11) is 3.17. The fraction of sp³-hybridized carbons (Fsp3) is 0.182. The zero-order valence-electron chi connectivity index (χ0n) is 17.2. The predicted octanol–water partition coefficient (Wildman–Crippen LogP) is 4.15. The Morgan fingerprint density at radius 1 is 0.967 bits per heavy atom. The molecule has 156 valence electrons. The van der Waals surface area contributed by atoms with Gasteiger partial charge in [0.15, 0.2) is 11.4 Å². The number of phenols is 1. The highest BCUT2D eigenvalue weighted by Crippen LogP contribution is 2.49. The van der Waals surface area contributed by atoms with Gasteiger partial charge in [0.05, 0.1) is 16.9 Å². The number of anilines is 2. The third-order valence-corrected chi connectivity index (χ3v) is 4.38. The molecule has 0 bridgehead atoms. The van der Waals surface area contributed by atoms with Crippen molar-refractivity contribution in [3.05, 3.63) is 54.1 Å². The van der Waals surface area contributed by atoms with Gasteiger partial charge in [-0.3, -0.25) is 9.79 Å². The van der Waals surface area contributed by atoms with E-state index < -0.39 is 0 Å². The second kappa shape index (κ2) is 8.20. The summed E-state index contributed by atoms with van der Waals surface area (Å²) in [4.78, 5) is 18.0. The number of aliphatic imine (C=N–C) groups is 1. The number of rotatable bonds is 5. The summed E-state index contributed by atoms with van der Waals surface area (Å²) in [5.74, 6) is -1.19. The van der Waals surface area contributed by atoms with Crippen molar-refractivity contribution in [1.29, 1.82) is 0 Å². The molecule has 0 fully saturated rings. The quantitative estimate of drug-likeness (QED) is 0.374. The Kier molecular flexibility index (Phi) is 5.68. The van der Waals surface area contributed by atoms with Crippen LogP contribution in [0.4, 0.5) is 17.1 Å². The van der Waals surface area contributed by atoms with E-state index in [-0.39, 0.29) is 46.0 Å². The van der Waals surface area contributed by atoms with Gasteiger partial charge in [0, 0.05) is 19.8 Å². The van der Waals surface area contributed by atoms with Crippen LogP contribution >= 0.6 is 0 Å². The maximum Gasteiger partial charge on any atom is 0.257 e. The van der Waals surface area contributed by atoms with Crippen LogP contribution in [0.3, 0.4) is 0 Å². The van der Waals surface area contributed by atoms with Gasteiger partial charge in [0.25, 0.3) is 5.91 Å². The van der Waals surface area contributed by atoms with Gasteiger partial charge in [-0.15, -0.1) is 0 Å². The van der Waals surface area contributed by atoms with Crippen molar-refractivity contribution < 1.29 is 20.1 Å². The highest BCUT2D eigenvalue weighted by atomic mass is 16.3. The molecular formula is C22H24N4O4.